The quantitative estimate of drug-likeness (QED) is 0.216. The van der Waals surface area contributed by atoms with E-state index in [-0.39, 0.29) is 41.8 Å². The summed E-state index contributed by atoms with van der Waals surface area (Å²) in [5.41, 5.74) is -3.21. The molecule has 7 atom stereocenters. The smallest absolute Gasteiger partial charge is 0.315 e. The molecule has 0 radical (unpaired) electrons. The van der Waals surface area contributed by atoms with Crippen LogP contribution in [0.5, 0.6) is 0 Å². The monoisotopic (exact) mass is 777 g/mol. The van der Waals surface area contributed by atoms with E-state index in [1.165, 1.54) is 30.3 Å². The van der Waals surface area contributed by atoms with E-state index in [2.05, 4.69) is 32.2 Å². The molecule has 4 N–H and O–H groups in total. The summed E-state index contributed by atoms with van der Waals surface area (Å²) in [7, 11) is -6.43. The average Bonchev–Trinajstić information content (AvgIpc) is 4.00. The van der Waals surface area contributed by atoms with Crippen molar-refractivity contribution in [2.75, 3.05) is 20.1 Å². The van der Waals surface area contributed by atoms with E-state index in [0.29, 0.717) is 12.8 Å². The highest BCUT2D eigenvalue weighted by atomic mass is 32.2. The fraction of sp³-hybridized carbons (Fsp3) is 0.694. The molecule has 0 bridgehead atoms. The molecule has 4 fully saturated rings. The lowest BCUT2D eigenvalue weighted by Gasteiger charge is -2.39. The van der Waals surface area contributed by atoms with Crippen LogP contribution in [0.1, 0.15) is 74.7 Å². The van der Waals surface area contributed by atoms with Crippen molar-refractivity contribution in [1.82, 2.24) is 34.9 Å². The first-order valence-corrected chi connectivity index (χ1v) is 21.0. The second-order valence-corrected chi connectivity index (χ2v) is 21.8. The van der Waals surface area contributed by atoms with Gasteiger partial charge in [0.25, 0.3) is 15.9 Å². The molecule has 1 saturated heterocycles. The van der Waals surface area contributed by atoms with Crippen molar-refractivity contribution < 1.29 is 36.0 Å². The van der Waals surface area contributed by atoms with Gasteiger partial charge < -0.3 is 20.9 Å². The van der Waals surface area contributed by atoms with Gasteiger partial charge in [-0.25, -0.2) is 26.6 Å². The number of amides is 5. The molecule has 1 aliphatic heterocycles. The molecular weight excluding hydrogens is 723 g/mol. The van der Waals surface area contributed by atoms with E-state index >= 15 is 0 Å². The Labute approximate surface area is 313 Å². The SMILES string of the molecule is C=CC1CC1(NC(=O)[C@@H]1C2C(CN1C(=O)[C@@H](NC(=O)N[C@H](CN(C)S(=O)(=O)c1ccccn1)C(C)(C)C)C(C)(C)C)C2(C)C)C(=O)NS(=O)(=O)C1CC1. The summed E-state index contributed by atoms with van der Waals surface area (Å²) in [6.07, 6.45) is 4.00. The zero-order valence-electron chi connectivity index (χ0n) is 32.1. The summed E-state index contributed by atoms with van der Waals surface area (Å²) in [4.78, 5) is 61.3. The standard InChI is InChI=1S/C36H55N7O8S2/c1-11-21-18-36(21,31(46)41-52(48,49)22-15-16-22)40-29(44)27-26-23(35(26,8)9)19-43(27)30(45)28(34(5,6)7)39-32(47)38-24(33(2,3)4)20-42(10)53(50,51)25-14-12-13-17-37-25/h11-14,17,21-24,26-28H,1,15-16,18-20H2,2-10H3,(H,40,44)(H,41,46)(H2,38,39,47)/t21?,23?,24-,26?,27+,28-,36?/m1/s1. The molecule has 0 aromatic carbocycles. The zero-order valence-corrected chi connectivity index (χ0v) is 33.7. The Morgan fingerprint density at radius 2 is 1.68 bits per heavy atom. The first kappa shape index (κ1) is 40.6. The van der Waals surface area contributed by atoms with Crippen LogP contribution in [-0.4, -0.2) is 104 Å². The third-order valence-electron chi connectivity index (χ3n) is 11.5. The fourth-order valence-electron chi connectivity index (χ4n) is 7.52. The van der Waals surface area contributed by atoms with E-state index in [0.717, 1.165) is 4.31 Å². The number of hydrogen-bond acceptors (Lipinski definition) is 9. The molecule has 53 heavy (non-hydrogen) atoms. The first-order valence-electron chi connectivity index (χ1n) is 18.0. The van der Waals surface area contributed by atoms with Gasteiger partial charge in [0.15, 0.2) is 5.03 Å². The van der Waals surface area contributed by atoms with Crippen molar-refractivity contribution in [3.05, 3.63) is 37.1 Å². The lowest BCUT2D eigenvalue weighted by atomic mass is 9.85. The molecule has 4 unspecified atom stereocenters. The summed E-state index contributed by atoms with van der Waals surface area (Å²) in [6.45, 7) is 18.9. The predicted octanol–water partition coefficient (Wildman–Crippen LogP) is 1.98. The van der Waals surface area contributed by atoms with Crippen LogP contribution >= 0.6 is 0 Å². The fourth-order valence-corrected chi connectivity index (χ4v) is 9.99. The van der Waals surface area contributed by atoms with Crippen molar-refractivity contribution >= 4 is 43.8 Å². The lowest BCUT2D eigenvalue weighted by molar-refractivity contribution is -0.144. The van der Waals surface area contributed by atoms with Gasteiger partial charge in [-0.3, -0.25) is 19.1 Å². The number of fused-ring (bicyclic) bond motifs is 1. The zero-order chi connectivity index (χ0) is 39.7. The van der Waals surface area contributed by atoms with Crippen LogP contribution in [0.3, 0.4) is 0 Å². The van der Waals surface area contributed by atoms with Crippen LogP contribution in [0.4, 0.5) is 4.79 Å². The van der Waals surface area contributed by atoms with Crippen molar-refractivity contribution in [2.24, 2.45) is 34.0 Å². The predicted molar refractivity (Wildman–Crippen MR) is 198 cm³/mol. The summed E-state index contributed by atoms with van der Waals surface area (Å²) >= 11 is 0. The van der Waals surface area contributed by atoms with Gasteiger partial charge in [-0.2, -0.15) is 4.31 Å². The Morgan fingerprint density at radius 1 is 1.04 bits per heavy atom. The molecule has 3 aliphatic carbocycles. The number of hydrogen-bond donors (Lipinski definition) is 4. The molecule has 0 spiro atoms. The molecule has 15 nitrogen and oxygen atoms in total. The number of urea groups is 1. The Balaban J connectivity index is 1.33. The minimum atomic E-state index is -3.96. The van der Waals surface area contributed by atoms with Gasteiger partial charge in [-0.15, -0.1) is 6.58 Å². The molecule has 1 aromatic heterocycles. The van der Waals surface area contributed by atoms with Gasteiger partial charge in [-0.05, 0) is 59.5 Å². The second kappa shape index (κ2) is 13.6. The number of nitrogens with zero attached hydrogens (tertiary/aromatic N) is 3. The summed E-state index contributed by atoms with van der Waals surface area (Å²) in [6, 6.07) is 1.13. The molecule has 5 rings (SSSR count). The normalized spacial score (nSPS) is 27.5. The molecule has 1 aromatic rings. The number of aromatic nitrogens is 1. The van der Waals surface area contributed by atoms with E-state index < -0.39 is 89.5 Å². The number of likely N-dealkylation sites (tertiary alicyclic amines) is 1. The van der Waals surface area contributed by atoms with Crippen LogP contribution in [0, 0.1) is 34.0 Å². The van der Waals surface area contributed by atoms with Crippen molar-refractivity contribution in [3.63, 3.8) is 0 Å². The Kier molecular flexibility index (Phi) is 10.4. The minimum absolute atomic E-state index is 0.00654. The van der Waals surface area contributed by atoms with Crippen LogP contribution in [0.2, 0.25) is 0 Å². The van der Waals surface area contributed by atoms with Crippen LogP contribution < -0.4 is 20.7 Å². The minimum Gasteiger partial charge on any atom is -0.339 e. The van der Waals surface area contributed by atoms with E-state index in [9.17, 15) is 36.0 Å². The van der Waals surface area contributed by atoms with Crippen molar-refractivity contribution in [3.8, 4) is 0 Å². The number of rotatable bonds is 13. The maximum atomic E-state index is 14.5. The highest BCUT2D eigenvalue weighted by molar-refractivity contribution is 7.91. The van der Waals surface area contributed by atoms with E-state index in [1.807, 2.05) is 34.6 Å². The average molecular weight is 778 g/mol. The molecule has 17 heteroatoms. The number of carbonyl (C=O) groups is 4. The maximum Gasteiger partial charge on any atom is 0.315 e. The number of pyridine rings is 1. The lowest BCUT2D eigenvalue weighted by Crippen LogP contribution is -2.63. The van der Waals surface area contributed by atoms with Gasteiger partial charge in [-0.1, -0.05) is 67.5 Å². The second-order valence-electron chi connectivity index (χ2n) is 17.9. The Bertz CT molecular complexity index is 1870. The van der Waals surface area contributed by atoms with Gasteiger partial charge in [0.1, 0.15) is 17.6 Å². The molecule has 2 heterocycles. The Morgan fingerprint density at radius 3 is 2.19 bits per heavy atom. The third kappa shape index (κ3) is 7.97. The molecule has 294 valence electrons. The summed E-state index contributed by atoms with van der Waals surface area (Å²) in [5.74, 6) is -2.59. The largest absolute Gasteiger partial charge is 0.339 e. The van der Waals surface area contributed by atoms with Crippen LogP contribution in [0.15, 0.2) is 42.1 Å². The maximum absolute atomic E-state index is 14.5. The van der Waals surface area contributed by atoms with E-state index in [1.54, 1.807) is 32.9 Å². The molecular formula is C36H55N7O8S2. The molecule has 4 aliphatic rings. The van der Waals surface area contributed by atoms with Crippen molar-refractivity contribution in [2.45, 2.75) is 109 Å². The molecule has 3 saturated carbocycles. The Hall–Kier alpha value is -3.57. The number of piperidine rings is 1. The van der Waals surface area contributed by atoms with Gasteiger partial charge in [0, 0.05) is 38.3 Å². The highest BCUT2D eigenvalue weighted by Gasteiger charge is 2.71. The summed E-state index contributed by atoms with van der Waals surface area (Å²) < 4.78 is 55.1. The molecule has 5 amide bonds. The van der Waals surface area contributed by atoms with Gasteiger partial charge >= 0.3 is 6.03 Å². The number of carbonyl (C=O) groups excluding carboxylic acids is 4. The van der Waals surface area contributed by atoms with Crippen molar-refractivity contribution in [1.29, 1.82) is 0 Å². The summed E-state index contributed by atoms with van der Waals surface area (Å²) in [5, 5.41) is 7.80. The number of nitrogens with one attached hydrogen (secondary N) is 4. The first-order chi connectivity index (χ1) is 24.3. The number of likely N-dealkylation sites (N-methyl/N-ethyl adjacent to an activating group) is 1. The van der Waals surface area contributed by atoms with Crippen LogP contribution in [0.25, 0.3) is 0 Å². The number of sulfonamides is 2. The highest BCUT2D eigenvalue weighted by Crippen LogP contribution is 2.65. The van der Waals surface area contributed by atoms with E-state index in [4.69, 9.17) is 0 Å². The van der Waals surface area contributed by atoms with Crippen LogP contribution in [-0.2, 0) is 34.4 Å². The topological polar surface area (TPSA) is 204 Å². The van der Waals surface area contributed by atoms with Gasteiger partial charge in [0.2, 0.25) is 21.8 Å². The third-order valence-corrected chi connectivity index (χ3v) is 15.1. The van der Waals surface area contributed by atoms with Gasteiger partial charge in [0.05, 0.1) is 5.25 Å².